The van der Waals surface area contributed by atoms with Crippen molar-refractivity contribution in [2.45, 2.75) is 38.8 Å². The average molecular weight is 300 g/mol. The lowest BCUT2D eigenvalue weighted by molar-refractivity contribution is 0.354. The van der Waals surface area contributed by atoms with Gasteiger partial charge >= 0.3 is 0 Å². The summed E-state index contributed by atoms with van der Waals surface area (Å²) in [6.07, 6.45) is 5.66. The summed E-state index contributed by atoms with van der Waals surface area (Å²) < 4.78 is 4.13. The molecule has 4 rings (SSSR count). The van der Waals surface area contributed by atoms with Crippen LogP contribution in [-0.2, 0) is 20.0 Å². The van der Waals surface area contributed by atoms with E-state index in [4.69, 9.17) is 0 Å². The first-order valence-corrected chi connectivity index (χ1v) is 8.23. The molecular weight excluding hydrogens is 276 g/mol. The van der Waals surface area contributed by atoms with Crippen LogP contribution in [0.15, 0.2) is 12.3 Å². The van der Waals surface area contributed by atoms with Crippen LogP contribution in [-0.4, -0.2) is 32.7 Å². The number of nitrogens with zero attached hydrogens (tertiary/aromatic N) is 4. The number of rotatable bonds is 3. The summed E-state index contributed by atoms with van der Waals surface area (Å²) in [4.78, 5) is 0. The van der Waals surface area contributed by atoms with Crippen molar-refractivity contribution in [3.8, 4) is 0 Å². The SMILES string of the molecule is Cc1cc2n(n1)C[C@H](CN[C@@H]1CCCc3c1cnn3C)CN2. The van der Waals surface area contributed by atoms with Gasteiger partial charge in [-0.3, -0.25) is 4.68 Å². The topological polar surface area (TPSA) is 59.7 Å². The smallest absolute Gasteiger partial charge is 0.124 e. The Morgan fingerprint density at radius 2 is 2.36 bits per heavy atom. The van der Waals surface area contributed by atoms with Gasteiger partial charge in [0.1, 0.15) is 5.82 Å². The monoisotopic (exact) mass is 300 g/mol. The van der Waals surface area contributed by atoms with E-state index in [0.717, 1.165) is 37.6 Å². The maximum Gasteiger partial charge on any atom is 0.124 e. The van der Waals surface area contributed by atoms with Gasteiger partial charge in [-0.25, -0.2) is 4.68 Å². The molecular formula is C16H24N6. The van der Waals surface area contributed by atoms with Crippen molar-refractivity contribution in [3.05, 3.63) is 29.2 Å². The summed E-state index contributed by atoms with van der Waals surface area (Å²) in [7, 11) is 2.05. The van der Waals surface area contributed by atoms with E-state index in [-0.39, 0.29) is 0 Å². The Bertz CT molecular complexity index is 670. The summed E-state index contributed by atoms with van der Waals surface area (Å²) in [6, 6.07) is 2.57. The molecule has 0 radical (unpaired) electrons. The van der Waals surface area contributed by atoms with Gasteiger partial charge in [-0.2, -0.15) is 10.2 Å². The highest BCUT2D eigenvalue weighted by Gasteiger charge is 2.25. The van der Waals surface area contributed by atoms with Gasteiger partial charge in [0.05, 0.1) is 11.9 Å². The first-order valence-electron chi connectivity index (χ1n) is 8.23. The van der Waals surface area contributed by atoms with E-state index in [9.17, 15) is 0 Å². The molecule has 2 atom stereocenters. The molecule has 2 aromatic rings. The van der Waals surface area contributed by atoms with E-state index >= 15 is 0 Å². The number of nitrogens with one attached hydrogen (secondary N) is 2. The molecule has 6 nitrogen and oxygen atoms in total. The number of aryl methyl sites for hydroxylation is 2. The van der Waals surface area contributed by atoms with Gasteiger partial charge < -0.3 is 10.6 Å². The minimum atomic E-state index is 0.457. The van der Waals surface area contributed by atoms with E-state index in [0.29, 0.717) is 12.0 Å². The van der Waals surface area contributed by atoms with Crippen molar-refractivity contribution in [3.63, 3.8) is 0 Å². The summed E-state index contributed by atoms with van der Waals surface area (Å²) in [5, 5.41) is 16.2. The second-order valence-corrected chi connectivity index (χ2v) is 6.62. The fourth-order valence-corrected chi connectivity index (χ4v) is 3.75. The molecule has 22 heavy (non-hydrogen) atoms. The summed E-state index contributed by atoms with van der Waals surface area (Å²) >= 11 is 0. The van der Waals surface area contributed by atoms with Gasteiger partial charge in [-0.05, 0) is 26.2 Å². The third-order valence-corrected chi connectivity index (χ3v) is 4.93. The van der Waals surface area contributed by atoms with Crippen LogP contribution >= 0.6 is 0 Å². The second kappa shape index (κ2) is 5.43. The van der Waals surface area contributed by atoms with Crippen LogP contribution in [0, 0.1) is 12.8 Å². The molecule has 2 N–H and O–H groups in total. The Balaban J connectivity index is 1.40. The van der Waals surface area contributed by atoms with Crippen LogP contribution in [0.25, 0.3) is 0 Å². The predicted molar refractivity (Wildman–Crippen MR) is 85.8 cm³/mol. The van der Waals surface area contributed by atoms with E-state index in [1.165, 1.54) is 24.1 Å². The highest BCUT2D eigenvalue weighted by molar-refractivity contribution is 5.38. The average Bonchev–Trinajstić information content (AvgIpc) is 3.07. The molecule has 1 aliphatic heterocycles. The van der Waals surface area contributed by atoms with Gasteiger partial charge in [-0.1, -0.05) is 0 Å². The van der Waals surface area contributed by atoms with E-state index in [2.05, 4.69) is 31.6 Å². The van der Waals surface area contributed by atoms with Crippen LogP contribution in [0.1, 0.15) is 35.8 Å². The minimum Gasteiger partial charge on any atom is -0.370 e. The fraction of sp³-hybridized carbons (Fsp3) is 0.625. The molecule has 1 aliphatic carbocycles. The third-order valence-electron chi connectivity index (χ3n) is 4.93. The van der Waals surface area contributed by atoms with Crippen molar-refractivity contribution in [1.29, 1.82) is 0 Å². The molecule has 0 amide bonds. The Morgan fingerprint density at radius 1 is 1.45 bits per heavy atom. The molecule has 0 bridgehead atoms. The number of anilines is 1. The molecule has 2 aliphatic rings. The van der Waals surface area contributed by atoms with Crippen LogP contribution in [0.5, 0.6) is 0 Å². The number of hydrogen-bond acceptors (Lipinski definition) is 4. The van der Waals surface area contributed by atoms with Crippen molar-refractivity contribution in [1.82, 2.24) is 24.9 Å². The summed E-state index contributed by atoms with van der Waals surface area (Å²) in [5.41, 5.74) is 3.88. The number of hydrogen-bond donors (Lipinski definition) is 2. The Morgan fingerprint density at radius 3 is 3.27 bits per heavy atom. The van der Waals surface area contributed by atoms with Crippen molar-refractivity contribution in [2.24, 2.45) is 13.0 Å². The van der Waals surface area contributed by atoms with Gasteiger partial charge in [0, 0.05) is 56.0 Å². The first-order chi connectivity index (χ1) is 10.7. The first kappa shape index (κ1) is 13.8. The summed E-state index contributed by atoms with van der Waals surface area (Å²) in [6.45, 7) is 5.08. The molecule has 0 spiro atoms. The Hall–Kier alpha value is -1.82. The zero-order valence-electron chi connectivity index (χ0n) is 13.3. The standard InChI is InChI=1S/C16H24N6/c1-11-6-16-18-8-12(10-22(16)20-11)7-17-14-4-3-5-15-13(14)9-19-21(15)2/h6,9,12,14,17-18H,3-5,7-8,10H2,1-2H3/t12-,14-/m1/s1. The zero-order chi connectivity index (χ0) is 15.1. The van der Waals surface area contributed by atoms with Crippen molar-refractivity contribution < 1.29 is 0 Å². The lowest BCUT2D eigenvalue weighted by atomic mass is 9.92. The van der Waals surface area contributed by atoms with E-state index < -0.39 is 0 Å². The Kier molecular flexibility index (Phi) is 3.41. The van der Waals surface area contributed by atoms with Gasteiger partial charge in [0.25, 0.3) is 0 Å². The number of fused-ring (bicyclic) bond motifs is 2. The largest absolute Gasteiger partial charge is 0.370 e. The van der Waals surface area contributed by atoms with Crippen LogP contribution in [0.4, 0.5) is 5.82 Å². The second-order valence-electron chi connectivity index (χ2n) is 6.62. The molecule has 0 fully saturated rings. The molecule has 118 valence electrons. The van der Waals surface area contributed by atoms with Gasteiger partial charge in [0.15, 0.2) is 0 Å². The van der Waals surface area contributed by atoms with Crippen molar-refractivity contribution in [2.75, 3.05) is 18.4 Å². The lowest BCUT2D eigenvalue weighted by Crippen LogP contribution is -2.37. The highest BCUT2D eigenvalue weighted by Crippen LogP contribution is 2.29. The Labute approximate surface area is 130 Å². The maximum absolute atomic E-state index is 4.55. The molecule has 6 heteroatoms. The normalized spacial score (nSPS) is 23.7. The fourth-order valence-electron chi connectivity index (χ4n) is 3.75. The third kappa shape index (κ3) is 2.41. The molecule has 0 aromatic carbocycles. The predicted octanol–water partition coefficient (Wildman–Crippen LogP) is 1.63. The quantitative estimate of drug-likeness (QED) is 0.904. The van der Waals surface area contributed by atoms with Crippen LogP contribution < -0.4 is 10.6 Å². The molecule has 0 unspecified atom stereocenters. The highest BCUT2D eigenvalue weighted by atomic mass is 15.3. The number of aromatic nitrogens is 4. The van der Waals surface area contributed by atoms with Crippen LogP contribution in [0.3, 0.4) is 0 Å². The van der Waals surface area contributed by atoms with E-state index in [1.807, 2.05) is 24.9 Å². The molecule has 3 heterocycles. The molecule has 0 saturated heterocycles. The van der Waals surface area contributed by atoms with Crippen LogP contribution in [0.2, 0.25) is 0 Å². The maximum atomic E-state index is 4.55. The molecule has 0 saturated carbocycles. The van der Waals surface area contributed by atoms with Crippen molar-refractivity contribution >= 4 is 5.82 Å². The van der Waals surface area contributed by atoms with E-state index in [1.54, 1.807) is 0 Å². The lowest BCUT2D eigenvalue weighted by Gasteiger charge is -2.29. The zero-order valence-corrected chi connectivity index (χ0v) is 13.3. The van der Waals surface area contributed by atoms with Gasteiger partial charge in [-0.15, -0.1) is 0 Å². The molecule has 2 aromatic heterocycles. The van der Waals surface area contributed by atoms with Gasteiger partial charge in [0.2, 0.25) is 0 Å². The summed E-state index contributed by atoms with van der Waals surface area (Å²) in [5.74, 6) is 1.73. The minimum absolute atomic E-state index is 0.457.